The van der Waals surface area contributed by atoms with Gasteiger partial charge in [-0.1, -0.05) is 35.0 Å². The molecule has 0 aliphatic carbocycles. The van der Waals surface area contributed by atoms with Gasteiger partial charge in [-0.2, -0.15) is 5.10 Å². The fourth-order valence-corrected chi connectivity index (χ4v) is 3.83. The Morgan fingerprint density at radius 1 is 1.30 bits per heavy atom. The van der Waals surface area contributed by atoms with Gasteiger partial charge >= 0.3 is 5.97 Å². The summed E-state index contributed by atoms with van der Waals surface area (Å²) in [5.41, 5.74) is 7.33. The average Bonchev–Trinajstić information content (AvgIpc) is 2.93. The van der Waals surface area contributed by atoms with Crippen LogP contribution < -0.4 is 5.43 Å². The summed E-state index contributed by atoms with van der Waals surface area (Å²) < 4.78 is 5.19. The van der Waals surface area contributed by atoms with E-state index in [2.05, 4.69) is 20.5 Å². The highest BCUT2D eigenvalue weighted by molar-refractivity contribution is 8.14. The molecule has 27 heavy (non-hydrogen) atoms. The quantitative estimate of drug-likeness (QED) is 0.687. The number of hydrogen-bond acceptors (Lipinski definition) is 5. The maximum atomic E-state index is 12.3. The summed E-state index contributed by atoms with van der Waals surface area (Å²) in [5, 5.41) is 5.99. The first-order valence-corrected chi connectivity index (χ1v) is 10.0. The molecule has 2 aromatic rings. The van der Waals surface area contributed by atoms with E-state index in [1.54, 1.807) is 25.1 Å². The minimum absolute atomic E-state index is 0.321. The fourth-order valence-electron chi connectivity index (χ4n) is 2.77. The maximum absolute atomic E-state index is 12.3. The van der Waals surface area contributed by atoms with Crippen molar-refractivity contribution in [3.63, 3.8) is 0 Å². The molecule has 0 amide bonds. The number of hydrazone groups is 1. The predicted molar refractivity (Wildman–Crippen MR) is 112 cm³/mol. The smallest absolute Gasteiger partial charge is 0.340 e. The highest BCUT2D eigenvalue weighted by atomic mass is 35.5. The van der Waals surface area contributed by atoms with E-state index in [0.29, 0.717) is 38.8 Å². The number of nitrogens with one attached hydrogen (secondary N) is 2. The van der Waals surface area contributed by atoms with Crippen molar-refractivity contribution in [1.82, 2.24) is 10.4 Å². The largest absolute Gasteiger partial charge is 0.462 e. The standard InChI is InChI=1S/C18H18Cl2N4O2S/c1-4-26-17(25)16-10(3)21-9(2)15(16)14-8-27-18(24-23-14)22-11-5-6-12(19)13(20)7-11/h5-7,21H,4,8H2,1-3H3,(H,22,24). The van der Waals surface area contributed by atoms with Crippen LogP contribution in [0.1, 0.15) is 34.2 Å². The van der Waals surface area contributed by atoms with Gasteiger partial charge in [-0.3, -0.25) is 5.43 Å². The van der Waals surface area contributed by atoms with E-state index in [0.717, 1.165) is 22.7 Å². The molecule has 0 saturated carbocycles. The minimum atomic E-state index is -0.350. The molecule has 1 aromatic heterocycles. The number of carbonyl (C=O) groups is 1. The number of amidine groups is 1. The third kappa shape index (κ3) is 4.31. The lowest BCUT2D eigenvalue weighted by Gasteiger charge is -2.16. The minimum Gasteiger partial charge on any atom is -0.462 e. The molecule has 2 heterocycles. The maximum Gasteiger partial charge on any atom is 0.340 e. The molecule has 142 valence electrons. The van der Waals surface area contributed by atoms with Gasteiger partial charge in [-0.25, -0.2) is 9.79 Å². The average molecular weight is 425 g/mol. The molecule has 6 nitrogen and oxygen atoms in total. The number of aryl methyl sites for hydroxylation is 2. The molecule has 0 atom stereocenters. The lowest BCUT2D eigenvalue weighted by Crippen LogP contribution is -2.26. The summed E-state index contributed by atoms with van der Waals surface area (Å²) in [6.45, 7) is 5.87. The first-order valence-electron chi connectivity index (χ1n) is 8.26. The van der Waals surface area contributed by atoms with Crippen LogP contribution in [0.2, 0.25) is 10.0 Å². The molecule has 1 aliphatic rings. The number of benzene rings is 1. The number of esters is 1. The number of halogens is 2. The lowest BCUT2D eigenvalue weighted by atomic mass is 10.1. The number of ether oxygens (including phenoxy) is 1. The Kier molecular flexibility index (Phi) is 6.14. The first kappa shape index (κ1) is 19.8. The number of carbonyl (C=O) groups excluding carboxylic acids is 1. The topological polar surface area (TPSA) is 78.8 Å². The number of H-pyrrole nitrogens is 1. The van der Waals surface area contributed by atoms with Crippen LogP contribution >= 0.6 is 35.0 Å². The van der Waals surface area contributed by atoms with E-state index in [1.807, 2.05) is 13.8 Å². The molecular formula is C18H18Cl2N4O2S. The number of rotatable bonds is 4. The normalized spacial score (nSPS) is 15.4. The third-order valence-electron chi connectivity index (χ3n) is 3.91. The Balaban J connectivity index is 1.86. The van der Waals surface area contributed by atoms with Crippen LogP contribution in [0.3, 0.4) is 0 Å². The summed E-state index contributed by atoms with van der Waals surface area (Å²) in [6.07, 6.45) is 0. The van der Waals surface area contributed by atoms with Gasteiger partial charge in [-0.15, -0.1) is 0 Å². The second-order valence-electron chi connectivity index (χ2n) is 5.82. The molecule has 0 fully saturated rings. The van der Waals surface area contributed by atoms with Gasteiger partial charge in [0, 0.05) is 22.7 Å². The SMILES string of the molecule is CCOC(=O)c1c(C)[nH]c(C)c1C1=NNC(=Nc2ccc(Cl)c(Cl)c2)SC1. The molecule has 9 heteroatoms. The van der Waals surface area contributed by atoms with Crippen molar-refractivity contribution in [3.05, 3.63) is 50.8 Å². The Morgan fingerprint density at radius 2 is 2.07 bits per heavy atom. The Bertz CT molecular complexity index is 953. The summed E-state index contributed by atoms with van der Waals surface area (Å²) >= 11 is 13.4. The number of hydrogen-bond donors (Lipinski definition) is 2. The Morgan fingerprint density at radius 3 is 2.70 bits per heavy atom. The second kappa shape index (κ2) is 8.37. The zero-order chi connectivity index (χ0) is 19.6. The fraction of sp³-hybridized carbons (Fsp3) is 0.278. The Hall–Kier alpha value is -1.96. The number of aromatic amines is 1. The van der Waals surface area contributed by atoms with Gasteiger partial charge in [0.1, 0.15) is 0 Å². The number of nitrogens with zero attached hydrogens (tertiary/aromatic N) is 2. The summed E-state index contributed by atoms with van der Waals surface area (Å²) in [6, 6.07) is 5.17. The monoisotopic (exact) mass is 424 g/mol. The van der Waals surface area contributed by atoms with Crippen molar-refractivity contribution in [3.8, 4) is 0 Å². The van der Waals surface area contributed by atoms with E-state index in [-0.39, 0.29) is 5.97 Å². The van der Waals surface area contributed by atoms with Crippen LogP contribution in [0.15, 0.2) is 28.3 Å². The molecule has 0 radical (unpaired) electrons. The summed E-state index contributed by atoms with van der Waals surface area (Å²) in [7, 11) is 0. The van der Waals surface area contributed by atoms with Crippen LogP contribution in [0.5, 0.6) is 0 Å². The van der Waals surface area contributed by atoms with E-state index >= 15 is 0 Å². The van der Waals surface area contributed by atoms with Crippen molar-refractivity contribution >= 4 is 57.5 Å². The van der Waals surface area contributed by atoms with Crippen molar-refractivity contribution in [2.24, 2.45) is 10.1 Å². The van der Waals surface area contributed by atoms with Crippen LogP contribution in [-0.4, -0.2) is 34.2 Å². The van der Waals surface area contributed by atoms with Crippen LogP contribution in [0, 0.1) is 13.8 Å². The van der Waals surface area contributed by atoms with Gasteiger partial charge in [0.15, 0.2) is 5.17 Å². The molecule has 0 unspecified atom stereocenters. The van der Waals surface area contributed by atoms with E-state index < -0.39 is 0 Å². The van der Waals surface area contributed by atoms with E-state index in [9.17, 15) is 4.79 Å². The lowest BCUT2D eigenvalue weighted by molar-refractivity contribution is 0.0525. The summed E-state index contributed by atoms with van der Waals surface area (Å²) in [5.74, 6) is 0.217. The molecule has 0 saturated heterocycles. The van der Waals surface area contributed by atoms with Crippen LogP contribution in [-0.2, 0) is 4.74 Å². The van der Waals surface area contributed by atoms with Crippen molar-refractivity contribution in [2.45, 2.75) is 20.8 Å². The Labute approximate surface area is 171 Å². The van der Waals surface area contributed by atoms with Gasteiger partial charge in [0.25, 0.3) is 0 Å². The van der Waals surface area contributed by atoms with Crippen molar-refractivity contribution in [2.75, 3.05) is 12.4 Å². The highest BCUT2D eigenvalue weighted by Gasteiger charge is 2.26. The molecule has 3 rings (SSSR count). The third-order valence-corrected chi connectivity index (χ3v) is 5.52. The van der Waals surface area contributed by atoms with Crippen molar-refractivity contribution in [1.29, 1.82) is 0 Å². The zero-order valence-corrected chi connectivity index (χ0v) is 17.3. The molecule has 1 aromatic carbocycles. The van der Waals surface area contributed by atoms with Gasteiger partial charge in [-0.05, 0) is 39.0 Å². The highest BCUT2D eigenvalue weighted by Crippen LogP contribution is 2.28. The number of thioether (sulfide) groups is 1. The van der Waals surface area contributed by atoms with Crippen LogP contribution in [0.25, 0.3) is 0 Å². The van der Waals surface area contributed by atoms with Crippen molar-refractivity contribution < 1.29 is 9.53 Å². The molecule has 0 bridgehead atoms. The molecule has 1 aliphatic heterocycles. The molecule has 0 spiro atoms. The zero-order valence-electron chi connectivity index (χ0n) is 15.0. The predicted octanol–water partition coefficient (Wildman–Crippen LogP) is 4.84. The van der Waals surface area contributed by atoms with Gasteiger partial charge < -0.3 is 9.72 Å². The van der Waals surface area contributed by atoms with Crippen LogP contribution in [0.4, 0.5) is 5.69 Å². The number of aromatic nitrogens is 1. The van der Waals surface area contributed by atoms with E-state index in [4.69, 9.17) is 27.9 Å². The summed E-state index contributed by atoms with van der Waals surface area (Å²) in [4.78, 5) is 20.0. The van der Waals surface area contributed by atoms with E-state index in [1.165, 1.54) is 11.8 Å². The van der Waals surface area contributed by atoms with Gasteiger partial charge in [0.05, 0.1) is 33.6 Å². The number of aliphatic imine (C=N–C) groups is 1. The second-order valence-corrected chi connectivity index (χ2v) is 7.60. The first-order chi connectivity index (χ1) is 12.9. The van der Waals surface area contributed by atoms with Gasteiger partial charge in [0.2, 0.25) is 0 Å². The molecule has 2 N–H and O–H groups in total. The molecular weight excluding hydrogens is 407 g/mol.